The van der Waals surface area contributed by atoms with Crippen molar-refractivity contribution in [3.05, 3.63) is 46.2 Å². The third-order valence-electron chi connectivity index (χ3n) is 2.81. The molecule has 1 aromatic heterocycles. The molecule has 4 nitrogen and oxygen atoms in total. The minimum Gasteiger partial charge on any atom is -0.345 e. The van der Waals surface area contributed by atoms with Crippen molar-refractivity contribution in [1.29, 1.82) is 0 Å². The van der Waals surface area contributed by atoms with E-state index in [1.54, 1.807) is 12.1 Å². The van der Waals surface area contributed by atoms with Gasteiger partial charge in [-0.2, -0.15) is 0 Å². The van der Waals surface area contributed by atoms with Gasteiger partial charge in [-0.3, -0.25) is 4.79 Å². The number of carbonyl (C=O) groups is 1. The molecule has 0 aliphatic heterocycles. The van der Waals surface area contributed by atoms with Crippen LogP contribution in [0.1, 0.15) is 40.8 Å². The summed E-state index contributed by atoms with van der Waals surface area (Å²) in [6, 6.07) is 5.88. The quantitative estimate of drug-likeness (QED) is 0.936. The Balaban J connectivity index is 2.08. The molecular formula is C13H14FN3OS. The Bertz CT molecular complexity index is 568. The first-order valence-corrected chi connectivity index (χ1v) is 6.76. The Kier molecular flexibility index (Phi) is 4.21. The summed E-state index contributed by atoms with van der Waals surface area (Å²) in [4.78, 5) is 12.6. The molecule has 0 saturated carbocycles. The molecule has 0 aliphatic rings. The van der Waals surface area contributed by atoms with Gasteiger partial charge in [0.15, 0.2) is 0 Å². The van der Waals surface area contributed by atoms with Gasteiger partial charge in [-0.1, -0.05) is 23.5 Å². The molecule has 0 radical (unpaired) electrons. The molecule has 0 fully saturated rings. The molecule has 1 aromatic carbocycles. The van der Waals surface area contributed by atoms with Crippen LogP contribution >= 0.6 is 11.5 Å². The zero-order valence-corrected chi connectivity index (χ0v) is 11.5. The van der Waals surface area contributed by atoms with Crippen molar-refractivity contribution in [3.63, 3.8) is 0 Å². The van der Waals surface area contributed by atoms with E-state index in [2.05, 4.69) is 14.9 Å². The lowest BCUT2D eigenvalue weighted by molar-refractivity contribution is 0.0943. The number of hydrogen-bond acceptors (Lipinski definition) is 4. The number of carbonyl (C=O) groups excluding carboxylic acids is 1. The Morgan fingerprint density at radius 3 is 2.74 bits per heavy atom. The summed E-state index contributed by atoms with van der Waals surface area (Å²) >= 11 is 1.09. The van der Waals surface area contributed by atoms with Crippen LogP contribution in [0.15, 0.2) is 24.3 Å². The topological polar surface area (TPSA) is 54.9 Å². The molecule has 1 unspecified atom stereocenters. The molecule has 2 rings (SSSR count). The number of nitrogens with one attached hydrogen (secondary N) is 1. The van der Waals surface area contributed by atoms with Crippen molar-refractivity contribution >= 4 is 17.4 Å². The summed E-state index contributed by atoms with van der Waals surface area (Å²) in [5.74, 6) is -0.481. The van der Waals surface area contributed by atoms with Crippen LogP contribution in [0.4, 0.5) is 4.39 Å². The highest BCUT2D eigenvalue weighted by Crippen LogP contribution is 2.16. The fourth-order valence-electron chi connectivity index (χ4n) is 1.71. The van der Waals surface area contributed by atoms with Gasteiger partial charge in [-0.15, -0.1) is 5.10 Å². The molecule has 0 aliphatic carbocycles. The van der Waals surface area contributed by atoms with Crippen LogP contribution in [0.3, 0.4) is 0 Å². The normalized spacial score (nSPS) is 12.2. The van der Waals surface area contributed by atoms with Crippen molar-refractivity contribution < 1.29 is 9.18 Å². The van der Waals surface area contributed by atoms with Gasteiger partial charge in [-0.05, 0) is 42.6 Å². The zero-order chi connectivity index (χ0) is 13.8. The molecule has 0 spiro atoms. The first-order valence-electron chi connectivity index (χ1n) is 5.99. The summed E-state index contributed by atoms with van der Waals surface area (Å²) in [6.07, 6.45) is 0.671. The van der Waals surface area contributed by atoms with Gasteiger partial charge in [0.05, 0.1) is 11.7 Å². The molecule has 1 atom stereocenters. The first kappa shape index (κ1) is 13.6. The summed E-state index contributed by atoms with van der Waals surface area (Å²) < 4.78 is 16.6. The average Bonchev–Trinajstić information content (AvgIpc) is 2.87. The van der Waals surface area contributed by atoms with Gasteiger partial charge in [0.25, 0.3) is 5.91 Å². The standard InChI is InChI=1S/C13H14FN3OS/c1-3-11-12(19-17-16-11)13(18)15-8(2)9-4-6-10(14)7-5-9/h4-8H,3H2,1-2H3,(H,15,18). The summed E-state index contributed by atoms with van der Waals surface area (Å²) in [6.45, 7) is 3.78. The molecule has 0 bridgehead atoms. The van der Waals surface area contributed by atoms with Gasteiger partial charge in [-0.25, -0.2) is 4.39 Å². The fraction of sp³-hybridized carbons (Fsp3) is 0.308. The van der Waals surface area contributed by atoms with Gasteiger partial charge in [0, 0.05) is 0 Å². The zero-order valence-electron chi connectivity index (χ0n) is 10.7. The Labute approximate surface area is 114 Å². The highest BCUT2D eigenvalue weighted by Gasteiger charge is 2.17. The van der Waals surface area contributed by atoms with Gasteiger partial charge >= 0.3 is 0 Å². The largest absolute Gasteiger partial charge is 0.345 e. The Morgan fingerprint density at radius 2 is 2.11 bits per heavy atom. The second-order valence-corrected chi connectivity index (χ2v) is 4.90. The Hall–Kier alpha value is -1.82. The van der Waals surface area contributed by atoms with E-state index >= 15 is 0 Å². The molecule has 1 amide bonds. The molecule has 1 heterocycles. The molecular weight excluding hydrogens is 265 g/mol. The van der Waals surface area contributed by atoms with Crippen LogP contribution in [0.25, 0.3) is 0 Å². The van der Waals surface area contributed by atoms with Crippen LogP contribution < -0.4 is 5.32 Å². The lowest BCUT2D eigenvalue weighted by Crippen LogP contribution is -2.26. The van der Waals surface area contributed by atoms with E-state index in [1.807, 2.05) is 13.8 Å². The number of amides is 1. The molecule has 1 N–H and O–H groups in total. The smallest absolute Gasteiger partial charge is 0.265 e. The van der Waals surface area contributed by atoms with E-state index in [1.165, 1.54) is 12.1 Å². The maximum Gasteiger partial charge on any atom is 0.265 e. The predicted octanol–water partition coefficient (Wildman–Crippen LogP) is 2.73. The second-order valence-electron chi connectivity index (χ2n) is 4.15. The molecule has 100 valence electrons. The minimum absolute atomic E-state index is 0.191. The van der Waals surface area contributed by atoms with Crippen molar-refractivity contribution in [2.75, 3.05) is 0 Å². The van der Waals surface area contributed by atoms with E-state index < -0.39 is 0 Å². The maximum absolute atomic E-state index is 12.8. The average molecular weight is 279 g/mol. The van der Waals surface area contributed by atoms with Crippen LogP contribution in [0.5, 0.6) is 0 Å². The molecule has 2 aromatic rings. The fourth-order valence-corrected chi connectivity index (χ4v) is 2.36. The number of hydrogen-bond donors (Lipinski definition) is 1. The van der Waals surface area contributed by atoms with Crippen LogP contribution in [0.2, 0.25) is 0 Å². The summed E-state index contributed by atoms with van der Waals surface area (Å²) in [5, 5.41) is 6.77. The van der Waals surface area contributed by atoms with E-state index in [9.17, 15) is 9.18 Å². The number of rotatable bonds is 4. The van der Waals surface area contributed by atoms with Crippen molar-refractivity contribution in [2.24, 2.45) is 0 Å². The van der Waals surface area contributed by atoms with Crippen molar-refractivity contribution in [3.8, 4) is 0 Å². The molecule has 0 saturated heterocycles. The number of benzene rings is 1. The summed E-state index contributed by atoms with van der Waals surface area (Å²) in [5.41, 5.74) is 1.55. The molecule has 19 heavy (non-hydrogen) atoms. The highest BCUT2D eigenvalue weighted by molar-refractivity contribution is 7.08. The predicted molar refractivity (Wildman–Crippen MR) is 71.6 cm³/mol. The van der Waals surface area contributed by atoms with Crippen molar-refractivity contribution in [2.45, 2.75) is 26.3 Å². The van der Waals surface area contributed by atoms with Crippen LogP contribution in [0, 0.1) is 5.82 Å². The maximum atomic E-state index is 12.8. The number of aromatic nitrogens is 2. The van der Waals surface area contributed by atoms with Crippen LogP contribution in [-0.4, -0.2) is 15.5 Å². The second kappa shape index (κ2) is 5.88. The SMILES string of the molecule is CCc1nnsc1C(=O)NC(C)c1ccc(F)cc1. The number of aryl methyl sites for hydroxylation is 1. The van der Waals surface area contributed by atoms with Gasteiger partial charge < -0.3 is 5.32 Å². The van der Waals surface area contributed by atoms with E-state index in [0.717, 1.165) is 17.1 Å². The Morgan fingerprint density at radius 1 is 1.42 bits per heavy atom. The number of nitrogens with zero attached hydrogens (tertiary/aromatic N) is 2. The van der Waals surface area contributed by atoms with Gasteiger partial charge in [0.2, 0.25) is 0 Å². The minimum atomic E-state index is -0.290. The van der Waals surface area contributed by atoms with Crippen LogP contribution in [-0.2, 0) is 6.42 Å². The summed E-state index contributed by atoms with van der Waals surface area (Å²) in [7, 11) is 0. The highest BCUT2D eigenvalue weighted by atomic mass is 32.1. The monoisotopic (exact) mass is 279 g/mol. The van der Waals surface area contributed by atoms with E-state index in [-0.39, 0.29) is 17.8 Å². The molecule has 6 heteroatoms. The lowest BCUT2D eigenvalue weighted by Gasteiger charge is -2.13. The van der Waals surface area contributed by atoms with Crippen molar-refractivity contribution in [1.82, 2.24) is 14.9 Å². The first-order chi connectivity index (χ1) is 9.11. The lowest BCUT2D eigenvalue weighted by atomic mass is 10.1. The van der Waals surface area contributed by atoms with Gasteiger partial charge in [0.1, 0.15) is 10.7 Å². The third kappa shape index (κ3) is 3.14. The third-order valence-corrected chi connectivity index (χ3v) is 3.58. The van der Waals surface area contributed by atoms with E-state index in [0.29, 0.717) is 17.0 Å². The van der Waals surface area contributed by atoms with E-state index in [4.69, 9.17) is 0 Å². The number of halogens is 1.